The van der Waals surface area contributed by atoms with E-state index in [-0.39, 0.29) is 11.3 Å². The quantitative estimate of drug-likeness (QED) is 0.517. The summed E-state index contributed by atoms with van der Waals surface area (Å²) in [4.78, 5) is 0. The second kappa shape index (κ2) is 5.65. The van der Waals surface area contributed by atoms with Crippen LogP contribution in [0.1, 0.15) is 20.8 Å². The number of sulfonamides is 1. The molecule has 0 aliphatic heterocycles. The Labute approximate surface area is 86.5 Å². The van der Waals surface area contributed by atoms with Gasteiger partial charge in [0.1, 0.15) is 0 Å². The average Bonchev–Trinajstić information content (AvgIpc) is 1.92. The molecule has 0 spiro atoms. The molecule has 0 aliphatic rings. The molecule has 0 unspecified atom stereocenters. The first-order valence-corrected chi connectivity index (χ1v) is 6.38. The number of nitrogens with two attached hydrogens (primary N) is 1. The van der Waals surface area contributed by atoms with Crippen molar-refractivity contribution in [3.05, 3.63) is 0 Å². The van der Waals surface area contributed by atoms with Crippen molar-refractivity contribution in [3.63, 3.8) is 0 Å². The van der Waals surface area contributed by atoms with Crippen LogP contribution in [0.2, 0.25) is 0 Å². The summed E-state index contributed by atoms with van der Waals surface area (Å²) in [7, 11) is -3.32. The second-order valence-corrected chi connectivity index (χ2v) is 6.03. The number of hydrogen-bond acceptors (Lipinski definition) is 4. The van der Waals surface area contributed by atoms with Crippen molar-refractivity contribution >= 4 is 10.0 Å². The van der Waals surface area contributed by atoms with Crippen LogP contribution in [-0.2, 0) is 10.0 Å². The number of primary sulfonamides is 1. The molecule has 0 aromatic rings. The third-order valence-corrected chi connectivity index (χ3v) is 2.29. The summed E-state index contributed by atoms with van der Waals surface area (Å²) in [5.41, 5.74) is 0.0988. The lowest BCUT2D eigenvalue weighted by molar-refractivity contribution is 0.423. The van der Waals surface area contributed by atoms with Crippen molar-refractivity contribution in [3.8, 4) is 0 Å². The smallest absolute Gasteiger partial charge is 0.210 e. The van der Waals surface area contributed by atoms with Gasteiger partial charge in [0, 0.05) is 25.2 Å². The van der Waals surface area contributed by atoms with Crippen molar-refractivity contribution in [2.75, 3.05) is 25.4 Å². The molecule has 86 valence electrons. The van der Waals surface area contributed by atoms with E-state index in [1.807, 2.05) is 0 Å². The van der Waals surface area contributed by atoms with E-state index in [9.17, 15) is 8.42 Å². The molecular weight excluding hydrogens is 202 g/mol. The first-order valence-electron chi connectivity index (χ1n) is 4.67. The Morgan fingerprint density at radius 3 is 2.14 bits per heavy atom. The van der Waals surface area contributed by atoms with Crippen LogP contribution in [0.4, 0.5) is 0 Å². The third kappa shape index (κ3) is 11.8. The molecule has 0 atom stereocenters. The maximum absolute atomic E-state index is 10.5. The zero-order valence-electron chi connectivity index (χ0n) is 9.13. The van der Waals surface area contributed by atoms with E-state index >= 15 is 0 Å². The number of nitrogens with one attached hydrogen (secondary N) is 2. The molecule has 0 radical (unpaired) electrons. The highest BCUT2D eigenvalue weighted by Gasteiger charge is 2.07. The molecule has 4 N–H and O–H groups in total. The molecule has 5 nitrogen and oxygen atoms in total. The zero-order chi connectivity index (χ0) is 11.2. The molecule has 0 saturated heterocycles. The fourth-order valence-electron chi connectivity index (χ4n) is 0.865. The number of rotatable bonds is 6. The minimum Gasteiger partial charge on any atom is -0.314 e. The average molecular weight is 223 g/mol. The summed E-state index contributed by atoms with van der Waals surface area (Å²) in [5, 5.41) is 11.1. The van der Waals surface area contributed by atoms with Crippen LogP contribution in [0.5, 0.6) is 0 Å². The van der Waals surface area contributed by atoms with Gasteiger partial charge in [-0.25, -0.2) is 13.6 Å². The SMILES string of the molecule is CC(C)(C)NCCNCCS(N)(=O)=O. The Bertz CT molecular complexity index is 244. The molecule has 0 bridgehead atoms. The molecule has 6 heteroatoms. The lowest BCUT2D eigenvalue weighted by atomic mass is 10.1. The molecule has 0 heterocycles. The highest BCUT2D eigenvalue weighted by molar-refractivity contribution is 7.89. The minimum absolute atomic E-state index is 0.0114. The van der Waals surface area contributed by atoms with E-state index in [2.05, 4.69) is 31.4 Å². The van der Waals surface area contributed by atoms with Gasteiger partial charge in [0.25, 0.3) is 0 Å². The van der Waals surface area contributed by atoms with Gasteiger partial charge in [-0.05, 0) is 20.8 Å². The molecular formula is C8H21N3O2S. The highest BCUT2D eigenvalue weighted by atomic mass is 32.2. The van der Waals surface area contributed by atoms with Crippen LogP contribution in [0.3, 0.4) is 0 Å². The molecule has 0 rings (SSSR count). The van der Waals surface area contributed by atoms with Crippen LogP contribution in [0, 0.1) is 0 Å². The van der Waals surface area contributed by atoms with Gasteiger partial charge in [0.05, 0.1) is 5.75 Å². The zero-order valence-corrected chi connectivity index (χ0v) is 9.95. The predicted molar refractivity (Wildman–Crippen MR) is 58.6 cm³/mol. The lowest BCUT2D eigenvalue weighted by Gasteiger charge is -2.20. The van der Waals surface area contributed by atoms with Gasteiger partial charge < -0.3 is 10.6 Å². The molecule has 14 heavy (non-hydrogen) atoms. The summed E-state index contributed by atoms with van der Waals surface area (Å²) in [6.07, 6.45) is 0. The first kappa shape index (κ1) is 13.8. The van der Waals surface area contributed by atoms with Gasteiger partial charge in [-0.1, -0.05) is 0 Å². The monoisotopic (exact) mass is 223 g/mol. The van der Waals surface area contributed by atoms with Crippen LogP contribution >= 0.6 is 0 Å². The largest absolute Gasteiger partial charge is 0.314 e. The first-order chi connectivity index (χ1) is 6.21. The molecule has 0 aromatic heterocycles. The summed E-state index contributed by atoms with van der Waals surface area (Å²) < 4.78 is 21.1. The fourth-order valence-corrected chi connectivity index (χ4v) is 1.29. The Morgan fingerprint density at radius 2 is 1.71 bits per heavy atom. The van der Waals surface area contributed by atoms with E-state index in [0.717, 1.165) is 13.1 Å². The maximum atomic E-state index is 10.5. The van der Waals surface area contributed by atoms with Gasteiger partial charge in [-0.3, -0.25) is 0 Å². The molecule has 0 fully saturated rings. The van der Waals surface area contributed by atoms with Crippen molar-refractivity contribution in [1.29, 1.82) is 0 Å². The lowest BCUT2D eigenvalue weighted by Crippen LogP contribution is -2.41. The normalized spacial score (nSPS) is 13.1. The molecule has 0 amide bonds. The molecule has 0 aliphatic carbocycles. The standard InChI is InChI=1S/C8H21N3O2S/c1-8(2,3)11-5-4-10-6-7-14(9,12)13/h10-11H,4-7H2,1-3H3,(H2,9,12,13). The predicted octanol–water partition coefficient (Wildman–Crippen LogP) is -0.747. The Morgan fingerprint density at radius 1 is 1.14 bits per heavy atom. The molecule has 0 saturated carbocycles. The highest BCUT2D eigenvalue weighted by Crippen LogP contribution is 1.96. The van der Waals surface area contributed by atoms with Gasteiger partial charge in [-0.15, -0.1) is 0 Å². The van der Waals surface area contributed by atoms with Crippen LogP contribution in [-0.4, -0.2) is 39.3 Å². The van der Waals surface area contributed by atoms with Crippen molar-refractivity contribution in [1.82, 2.24) is 10.6 Å². The van der Waals surface area contributed by atoms with Crippen LogP contribution in [0.15, 0.2) is 0 Å². The van der Waals surface area contributed by atoms with Gasteiger partial charge in [0.15, 0.2) is 0 Å². The van der Waals surface area contributed by atoms with E-state index in [1.165, 1.54) is 0 Å². The Hall–Kier alpha value is -0.170. The Balaban J connectivity index is 3.32. The van der Waals surface area contributed by atoms with Crippen molar-refractivity contribution < 1.29 is 8.42 Å². The summed E-state index contributed by atoms with van der Waals surface area (Å²) in [5.74, 6) is -0.0114. The topological polar surface area (TPSA) is 84.2 Å². The van der Waals surface area contributed by atoms with Gasteiger partial charge >= 0.3 is 0 Å². The van der Waals surface area contributed by atoms with E-state index in [0.29, 0.717) is 6.54 Å². The van der Waals surface area contributed by atoms with E-state index < -0.39 is 10.0 Å². The Kier molecular flexibility index (Phi) is 5.58. The second-order valence-electron chi connectivity index (χ2n) is 4.29. The minimum atomic E-state index is -3.32. The van der Waals surface area contributed by atoms with E-state index in [4.69, 9.17) is 5.14 Å². The van der Waals surface area contributed by atoms with Crippen molar-refractivity contribution in [2.24, 2.45) is 5.14 Å². The van der Waals surface area contributed by atoms with E-state index in [1.54, 1.807) is 0 Å². The number of hydrogen-bond donors (Lipinski definition) is 3. The summed E-state index contributed by atoms with van der Waals surface area (Å²) in [6.45, 7) is 8.21. The molecule has 0 aromatic carbocycles. The van der Waals surface area contributed by atoms with Crippen LogP contribution in [0.25, 0.3) is 0 Å². The van der Waals surface area contributed by atoms with Gasteiger partial charge in [-0.2, -0.15) is 0 Å². The van der Waals surface area contributed by atoms with Crippen LogP contribution < -0.4 is 15.8 Å². The fraction of sp³-hybridized carbons (Fsp3) is 1.00. The summed E-state index contributed by atoms with van der Waals surface area (Å²) in [6, 6.07) is 0. The van der Waals surface area contributed by atoms with Gasteiger partial charge in [0.2, 0.25) is 10.0 Å². The third-order valence-electron chi connectivity index (χ3n) is 1.52. The maximum Gasteiger partial charge on any atom is 0.210 e. The summed E-state index contributed by atoms with van der Waals surface area (Å²) >= 11 is 0. The van der Waals surface area contributed by atoms with Crippen molar-refractivity contribution in [2.45, 2.75) is 26.3 Å².